The molecular formula is C17H18N4O3S. The molecule has 3 aromatic rings. The van der Waals surface area contributed by atoms with Crippen LogP contribution in [0.3, 0.4) is 0 Å². The Bertz CT molecular complexity index is 958. The first kappa shape index (κ1) is 17.1. The van der Waals surface area contributed by atoms with Crippen LogP contribution in [0.1, 0.15) is 45.6 Å². The van der Waals surface area contributed by atoms with Crippen molar-refractivity contribution in [3.63, 3.8) is 0 Å². The molecule has 3 rings (SSSR count). The van der Waals surface area contributed by atoms with Gasteiger partial charge in [0.15, 0.2) is 5.65 Å². The van der Waals surface area contributed by atoms with Crippen molar-refractivity contribution in [3.8, 4) is 0 Å². The molecule has 0 saturated heterocycles. The van der Waals surface area contributed by atoms with Gasteiger partial charge in [-0.3, -0.25) is 4.79 Å². The lowest BCUT2D eigenvalue weighted by Crippen LogP contribution is -2.16. The van der Waals surface area contributed by atoms with Crippen molar-refractivity contribution >= 4 is 39.9 Å². The van der Waals surface area contributed by atoms with E-state index in [1.54, 1.807) is 30.6 Å². The van der Waals surface area contributed by atoms with Gasteiger partial charge >= 0.3 is 5.97 Å². The number of carbonyl (C=O) groups is 2. The van der Waals surface area contributed by atoms with E-state index in [1.165, 1.54) is 18.4 Å². The predicted molar refractivity (Wildman–Crippen MR) is 96.3 cm³/mol. The SMILES string of the molecule is COC(=O)c1sccc1NC(=O)c1cc2cnn(C(C)C)c2nc1C. The number of methoxy groups -OCH3 is 1. The quantitative estimate of drug-likeness (QED) is 0.722. The number of hydrogen-bond donors (Lipinski definition) is 1. The maximum absolute atomic E-state index is 12.7. The number of anilines is 1. The monoisotopic (exact) mass is 358 g/mol. The number of nitrogens with zero attached hydrogens (tertiary/aromatic N) is 3. The van der Waals surface area contributed by atoms with Gasteiger partial charge in [0.1, 0.15) is 4.88 Å². The van der Waals surface area contributed by atoms with Gasteiger partial charge < -0.3 is 10.1 Å². The van der Waals surface area contributed by atoms with Gasteiger partial charge in [-0.25, -0.2) is 14.5 Å². The van der Waals surface area contributed by atoms with E-state index in [9.17, 15) is 9.59 Å². The van der Waals surface area contributed by atoms with Crippen LogP contribution in [-0.2, 0) is 4.74 Å². The van der Waals surface area contributed by atoms with E-state index in [-0.39, 0.29) is 11.9 Å². The Morgan fingerprint density at radius 3 is 2.80 bits per heavy atom. The highest BCUT2D eigenvalue weighted by Crippen LogP contribution is 2.25. The standard InChI is InChI=1S/C17H18N4O3S/c1-9(2)21-15-11(8-18-21)7-12(10(3)19-15)16(22)20-13-5-6-25-14(13)17(23)24-4/h5-9H,1-4H3,(H,20,22). The summed E-state index contributed by atoms with van der Waals surface area (Å²) in [6.45, 7) is 5.82. The topological polar surface area (TPSA) is 86.1 Å². The molecule has 0 aliphatic heterocycles. The molecule has 8 heteroatoms. The fourth-order valence-electron chi connectivity index (χ4n) is 2.52. The Labute approximate surface area is 148 Å². The molecule has 0 bridgehead atoms. The predicted octanol–water partition coefficient (Wildman–Crippen LogP) is 3.42. The molecule has 0 spiro atoms. The maximum Gasteiger partial charge on any atom is 0.350 e. The smallest absolute Gasteiger partial charge is 0.350 e. The maximum atomic E-state index is 12.7. The summed E-state index contributed by atoms with van der Waals surface area (Å²) in [4.78, 5) is 29.3. The zero-order valence-corrected chi connectivity index (χ0v) is 15.2. The molecule has 1 amide bonds. The minimum atomic E-state index is -0.478. The molecule has 1 N–H and O–H groups in total. The van der Waals surface area contributed by atoms with Crippen molar-refractivity contribution in [1.29, 1.82) is 0 Å². The Hall–Kier alpha value is -2.74. The molecule has 0 unspecified atom stereocenters. The van der Waals surface area contributed by atoms with Crippen molar-refractivity contribution in [2.45, 2.75) is 26.8 Å². The van der Waals surface area contributed by atoms with Crippen LogP contribution in [0.2, 0.25) is 0 Å². The van der Waals surface area contributed by atoms with Crippen molar-refractivity contribution in [2.75, 3.05) is 12.4 Å². The van der Waals surface area contributed by atoms with Gasteiger partial charge in [-0.05, 0) is 38.3 Å². The highest BCUT2D eigenvalue weighted by atomic mass is 32.1. The second kappa shape index (κ2) is 6.64. The van der Waals surface area contributed by atoms with E-state index in [2.05, 4.69) is 15.4 Å². The number of aromatic nitrogens is 3. The Morgan fingerprint density at radius 2 is 2.12 bits per heavy atom. The van der Waals surface area contributed by atoms with E-state index in [0.29, 0.717) is 21.8 Å². The second-order valence-electron chi connectivity index (χ2n) is 5.83. The number of amides is 1. The molecule has 0 atom stereocenters. The highest BCUT2D eigenvalue weighted by Gasteiger charge is 2.19. The van der Waals surface area contributed by atoms with Crippen LogP contribution in [0, 0.1) is 6.92 Å². The molecule has 25 heavy (non-hydrogen) atoms. The van der Waals surface area contributed by atoms with Crippen LogP contribution in [-0.4, -0.2) is 33.8 Å². The molecule has 7 nitrogen and oxygen atoms in total. The number of rotatable bonds is 4. The lowest BCUT2D eigenvalue weighted by molar-refractivity contribution is 0.0607. The molecule has 0 radical (unpaired) electrons. The Morgan fingerprint density at radius 1 is 1.36 bits per heavy atom. The van der Waals surface area contributed by atoms with Crippen molar-refractivity contribution in [3.05, 3.63) is 39.8 Å². The average molecular weight is 358 g/mol. The van der Waals surface area contributed by atoms with Crippen LogP contribution < -0.4 is 5.32 Å². The van der Waals surface area contributed by atoms with Gasteiger partial charge in [-0.15, -0.1) is 11.3 Å². The number of pyridine rings is 1. The van der Waals surface area contributed by atoms with E-state index in [4.69, 9.17) is 4.74 Å². The van der Waals surface area contributed by atoms with Gasteiger partial charge in [0.2, 0.25) is 0 Å². The summed E-state index contributed by atoms with van der Waals surface area (Å²) in [7, 11) is 1.31. The first-order valence-electron chi connectivity index (χ1n) is 7.74. The van der Waals surface area contributed by atoms with E-state index < -0.39 is 5.97 Å². The average Bonchev–Trinajstić information content (AvgIpc) is 3.19. The van der Waals surface area contributed by atoms with Gasteiger partial charge in [0, 0.05) is 11.4 Å². The normalized spacial score (nSPS) is 11.1. The van der Waals surface area contributed by atoms with Crippen molar-refractivity contribution in [1.82, 2.24) is 14.8 Å². The highest BCUT2D eigenvalue weighted by molar-refractivity contribution is 7.12. The Balaban J connectivity index is 1.94. The number of esters is 1. The number of hydrogen-bond acceptors (Lipinski definition) is 6. The number of ether oxygens (including phenoxy) is 1. The molecule has 0 aliphatic rings. The zero-order valence-electron chi connectivity index (χ0n) is 14.4. The van der Waals surface area contributed by atoms with E-state index in [1.807, 2.05) is 18.5 Å². The van der Waals surface area contributed by atoms with Crippen LogP contribution in [0.25, 0.3) is 11.0 Å². The fourth-order valence-corrected chi connectivity index (χ4v) is 3.29. The van der Waals surface area contributed by atoms with Gasteiger partial charge in [-0.2, -0.15) is 5.10 Å². The van der Waals surface area contributed by atoms with Crippen LogP contribution in [0.5, 0.6) is 0 Å². The summed E-state index contributed by atoms with van der Waals surface area (Å²) >= 11 is 1.21. The van der Waals surface area contributed by atoms with E-state index >= 15 is 0 Å². The fraction of sp³-hybridized carbons (Fsp3) is 0.294. The minimum Gasteiger partial charge on any atom is -0.465 e. The molecular weight excluding hydrogens is 340 g/mol. The van der Waals surface area contributed by atoms with Gasteiger partial charge in [0.05, 0.1) is 30.3 Å². The lowest BCUT2D eigenvalue weighted by Gasteiger charge is -2.10. The number of nitrogens with one attached hydrogen (secondary N) is 1. The minimum absolute atomic E-state index is 0.178. The van der Waals surface area contributed by atoms with E-state index in [0.717, 1.165) is 11.0 Å². The first-order chi connectivity index (χ1) is 11.9. The number of carbonyl (C=O) groups excluding carboxylic acids is 2. The molecule has 3 aromatic heterocycles. The van der Waals surface area contributed by atoms with Crippen LogP contribution in [0.15, 0.2) is 23.7 Å². The van der Waals surface area contributed by atoms with Crippen molar-refractivity contribution in [2.24, 2.45) is 0 Å². The largest absolute Gasteiger partial charge is 0.465 e. The first-order valence-corrected chi connectivity index (χ1v) is 8.62. The Kier molecular flexibility index (Phi) is 4.54. The van der Waals surface area contributed by atoms with Crippen LogP contribution in [0.4, 0.5) is 5.69 Å². The molecule has 0 aromatic carbocycles. The third-order valence-corrected chi connectivity index (χ3v) is 4.67. The number of fused-ring (bicyclic) bond motifs is 1. The summed E-state index contributed by atoms with van der Waals surface area (Å²) in [5.41, 5.74) is 2.22. The third-order valence-electron chi connectivity index (χ3n) is 3.78. The second-order valence-corrected chi connectivity index (χ2v) is 6.74. The molecule has 0 saturated carbocycles. The number of thiophene rings is 1. The molecule has 130 valence electrons. The van der Waals surface area contributed by atoms with Gasteiger partial charge in [-0.1, -0.05) is 0 Å². The summed E-state index contributed by atoms with van der Waals surface area (Å²) in [6, 6.07) is 3.62. The summed E-state index contributed by atoms with van der Waals surface area (Å²) in [5, 5.41) is 9.60. The summed E-state index contributed by atoms with van der Waals surface area (Å²) < 4.78 is 6.54. The molecule has 0 fully saturated rings. The van der Waals surface area contributed by atoms with Crippen molar-refractivity contribution < 1.29 is 14.3 Å². The zero-order chi connectivity index (χ0) is 18.1. The van der Waals surface area contributed by atoms with Crippen LogP contribution >= 0.6 is 11.3 Å². The lowest BCUT2D eigenvalue weighted by atomic mass is 10.1. The summed E-state index contributed by atoms with van der Waals surface area (Å²) in [5.74, 6) is -0.804. The summed E-state index contributed by atoms with van der Waals surface area (Å²) in [6.07, 6.45) is 1.70. The molecule has 0 aliphatic carbocycles. The number of aryl methyl sites for hydroxylation is 1. The molecule has 3 heterocycles. The third kappa shape index (κ3) is 3.12. The van der Waals surface area contributed by atoms with Gasteiger partial charge in [0.25, 0.3) is 5.91 Å².